The Kier molecular flexibility index (Phi) is 3.65. The topological polar surface area (TPSA) is 82.5 Å². The van der Waals surface area contributed by atoms with Crippen molar-refractivity contribution in [1.82, 2.24) is 10.2 Å². The molecule has 2 saturated heterocycles. The smallest absolute Gasteiger partial charge is 0.317 e. The van der Waals surface area contributed by atoms with Gasteiger partial charge in [-0.3, -0.25) is 4.78 Å². The van der Waals surface area contributed by atoms with E-state index in [2.05, 4.69) is 5.32 Å². The molecule has 2 amide bonds. The highest BCUT2D eigenvalue weighted by Crippen LogP contribution is 2.60. The van der Waals surface area contributed by atoms with Gasteiger partial charge in [-0.05, 0) is 49.9 Å². The monoisotopic (exact) mass is 341 g/mol. The maximum absolute atomic E-state index is 12.5. The molecule has 2 saturated carbocycles. The van der Waals surface area contributed by atoms with Gasteiger partial charge >= 0.3 is 6.03 Å². The molecule has 2 aliphatic carbocycles. The highest BCUT2D eigenvalue weighted by atomic mass is 32.2. The lowest BCUT2D eigenvalue weighted by atomic mass is 9.94. The number of amides is 2. The lowest BCUT2D eigenvalue weighted by Crippen LogP contribution is -2.58. The van der Waals surface area contributed by atoms with E-state index in [-0.39, 0.29) is 11.6 Å². The first-order chi connectivity index (χ1) is 10.9. The van der Waals surface area contributed by atoms with Crippen molar-refractivity contribution in [3.63, 3.8) is 0 Å². The lowest BCUT2D eigenvalue weighted by molar-refractivity contribution is -0.102. The van der Waals surface area contributed by atoms with E-state index in [4.69, 9.17) is 9.52 Å². The minimum absolute atomic E-state index is 0.0248. The van der Waals surface area contributed by atoms with Crippen LogP contribution in [0.3, 0.4) is 0 Å². The Bertz CT molecular complexity index is 582. The van der Waals surface area contributed by atoms with Crippen LogP contribution in [0.4, 0.5) is 4.79 Å². The molecule has 4 fully saturated rings. The number of nitrogens with zero attached hydrogens (tertiary/aromatic N) is 1. The SMILES string of the molecule is N=S1(=O)CCC2(CC1)CN(C(=O)NCC1(C3CC3)CC1)CCO2. The van der Waals surface area contributed by atoms with Crippen LogP contribution in [0.1, 0.15) is 38.5 Å². The molecule has 2 heterocycles. The number of nitrogens with one attached hydrogen (secondary N) is 2. The van der Waals surface area contributed by atoms with Crippen molar-refractivity contribution in [2.75, 3.05) is 37.7 Å². The second kappa shape index (κ2) is 5.34. The summed E-state index contributed by atoms with van der Waals surface area (Å²) >= 11 is 0. The fourth-order valence-corrected chi connectivity index (χ4v) is 5.81. The van der Waals surface area contributed by atoms with Crippen LogP contribution < -0.4 is 5.32 Å². The fraction of sp³-hybridized carbons (Fsp3) is 0.938. The van der Waals surface area contributed by atoms with Gasteiger partial charge in [0.2, 0.25) is 0 Å². The number of morpholine rings is 1. The summed E-state index contributed by atoms with van der Waals surface area (Å²) in [6, 6.07) is 0.0248. The molecule has 0 aromatic heterocycles. The molecule has 0 aromatic carbocycles. The average molecular weight is 341 g/mol. The molecular formula is C16H27N3O3S. The second-order valence-corrected chi connectivity index (χ2v) is 10.4. The Hall–Kier alpha value is -0.820. The number of carbonyl (C=O) groups excluding carboxylic acids is 1. The van der Waals surface area contributed by atoms with Crippen LogP contribution in [0.2, 0.25) is 0 Å². The molecule has 0 atom stereocenters. The molecule has 0 unspecified atom stereocenters. The summed E-state index contributed by atoms with van der Waals surface area (Å²) in [4.78, 5) is 14.4. The Labute approximate surface area is 138 Å². The number of urea groups is 1. The lowest BCUT2D eigenvalue weighted by Gasteiger charge is -2.45. The van der Waals surface area contributed by atoms with E-state index in [9.17, 15) is 9.00 Å². The summed E-state index contributed by atoms with van der Waals surface area (Å²) in [7, 11) is -2.42. The van der Waals surface area contributed by atoms with Gasteiger partial charge in [-0.2, -0.15) is 0 Å². The van der Waals surface area contributed by atoms with Crippen molar-refractivity contribution in [3.05, 3.63) is 0 Å². The van der Waals surface area contributed by atoms with E-state index in [0.29, 0.717) is 49.5 Å². The molecule has 0 bridgehead atoms. The summed E-state index contributed by atoms with van der Waals surface area (Å²) in [5.74, 6) is 1.64. The third-order valence-corrected chi connectivity index (χ3v) is 7.96. The predicted molar refractivity (Wildman–Crippen MR) is 87.9 cm³/mol. The van der Waals surface area contributed by atoms with Crippen molar-refractivity contribution >= 4 is 15.8 Å². The van der Waals surface area contributed by atoms with Gasteiger partial charge in [0.1, 0.15) is 0 Å². The maximum atomic E-state index is 12.5. The Morgan fingerprint density at radius 1 is 1.26 bits per heavy atom. The van der Waals surface area contributed by atoms with E-state index < -0.39 is 9.73 Å². The van der Waals surface area contributed by atoms with Crippen LogP contribution in [0.25, 0.3) is 0 Å². The molecule has 4 rings (SSSR count). The van der Waals surface area contributed by atoms with Gasteiger partial charge in [0.15, 0.2) is 0 Å². The van der Waals surface area contributed by atoms with Gasteiger partial charge in [-0.1, -0.05) is 0 Å². The van der Waals surface area contributed by atoms with Crippen LogP contribution in [0.5, 0.6) is 0 Å². The van der Waals surface area contributed by atoms with Gasteiger partial charge in [0, 0.05) is 34.3 Å². The maximum Gasteiger partial charge on any atom is 0.317 e. The van der Waals surface area contributed by atoms with Crippen molar-refractivity contribution in [2.24, 2.45) is 11.3 Å². The van der Waals surface area contributed by atoms with Gasteiger partial charge in [-0.15, -0.1) is 0 Å². The number of ether oxygens (including phenoxy) is 1. The fourth-order valence-electron chi connectivity index (χ4n) is 4.20. The summed E-state index contributed by atoms with van der Waals surface area (Å²) in [6.45, 7) is 2.56. The summed E-state index contributed by atoms with van der Waals surface area (Å²) in [5, 5.41) is 3.15. The third-order valence-electron chi connectivity index (χ3n) is 6.24. The molecule has 1 spiro atoms. The zero-order chi connectivity index (χ0) is 16.1. The van der Waals surface area contributed by atoms with Crippen molar-refractivity contribution < 1.29 is 13.7 Å². The first kappa shape index (κ1) is 15.7. The van der Waals surface area contributed by atoms with Crippen LogP contribution in [-0.4, -0.2) is 58.5 Å². The Balaban J connectivity index is 1.33. The standard InChI is InChI=1S/C16H27N3O3S/c17-23(21)9-5-16(6-10-23)12-19(7-8-22-16)14(20)18-11-15(3-4-15)13-1-2-13/h13,17H,1-12H2,(H,18,20). The summed E-state index contributed by atoms with van der Waals surface area (Å²) in [5.41, 5.74) is 0.0481. The average Bonchev–Trinajstić information content (AvgIpc) is 3.41. The molecule has 2 N–H and O–H groups in total. The minimum Gasteiger partial charge on any atom is -0.371 e. The highest BCUT2D eigenvalue weighted by Gasteiger charge is 2.53. The van der Waals surface area contributed by atoms with E-state index in [1.54, 1.807) is 0 Å². The van der Waals surface area contributed by atoms with E-state index in [1.165, 1.54) is 25.7 Å². The first-order valence-corrected chi connectivity index (χ1v) is 10.7. The zero-order valence-electron chi connectivity index (χ0n) is 13.6. The van der Waals surface area contributed by atoms with Crippen molar-refractivity contribution in [1.29, 1.82) is 4.78 Å². The molecule has 23 heavy (non-hydrogen) atoms. The molecule has 7 heteroatoms. The van der Waals surface area contributed by atoms with Crippen LogP contribution in [0.15, 0.2) is 0 Å². The Morgan fingerprint density at radius 3 is 2.57 bits per heavy atom. The van der Waals surface area contributed by atoms with E-state index in [1.807, 2.05) is 4.90 Å². The van der Waals surface area contributed by atoms with Gasteiger partial charge < -0.3 is 15.0 Å². The normalized spacial score (nSPS) is 39.2. The van der Waals surface area contributed by atoms with Gasteiger partial charge in [-0.25, -0.2) is 9.00 Å². The molecular weight excluding hydrogens is 314 g/mol. The molecule has 6 nitrogen and oxygen atoms in total. The van der Waals surface area contributed by atoms with Crippen molar-refractivity contribution in [2.45, 2.75) is 44.1 Å². The molecule has 130 valence electrons. The van der Waals surface area contributed by atoms with Crippen LogP contribution in [0, 0.1) is 16.1 Å². The quantitative estimate of drug-likeness (QED) is 0.821. The Morgan fingerprint density at radius 2 is 1.96 bits per heavy atom. The number of hydrogen-bond donors (Lipinski definition) is 2. The van der Waals surface area contributed by atoms with Crippen LogP contribution in [-0.2, 0) is 14.5 Å². The third kappa shape index (κ3) is 3.22. The van der Waals surface area contributed by atoms with Gasteiger partial charge in [0.05, 0.1) is 18.8 Å². The van der Waals surface area contributed by atoms with Crippen molar-refractivity contribution in [3.8, 4) is 0 Å². The number of carbonyl (C=O) groups is 1. The van der Waals surface area contributed by atoms with Crippen LogP contribution >= 0.6 is 0 Å². The molecule has 2 aliphatic heterocycles. The number of hydrogen-bond acceptors (Lipinski definition) is 4. The largest absolute Gasteiger partial charge is 0.371 e. The second-order valence-electron chi connectivity index (χ2n) is 7.97. The summed E-state index contributed by atoms with van der Waals surface area (Å²) in [6.07, 6.45) is 6.47. The first-order valence-electron chi connectivity index (χ1n) is 8.83. The number of rotatable bonds is 3. The summed E-state index contributed by atoms with van der Waals surface area (Å²) < 4.78 is 25.5. The van der Waals surface area contributed by atoms with Gasteiger partial charge in [0.25, 0.3) is 0 Å². The molecule has 0 aromatic rings. The molecule has 0 radical (unpaired) electrons. The zero-order valence-corrected chi connectivity index (χ0v) is 14.5. The highest BCUT2D eigenvalue weighted by molar-refractivity contribution is 7.92. The predicted octanol–water partition coefficient (Wildman–Crippen LogP) is 1.80. The van der Waals surface area contributed by atoms with E-state index >= 15 is 0 Å². The minimum atomic E-state index is -2.42. The molecule has 4 aliphatic rings. The van der Waals surface area contributed by atoms with E-state index in [0.717, 1.165) is 12.5 Å².